The molecule has 0 aliphatic rings. The first-order valence-corrected chi connectivity index (χ1v) is 5.59. The van der Waals surface area contributed by atoms with Crippen LogP contribution in [0.5, 0.6) is 0 Å². The van der Waals surface area contributed by atoms with Crippen LogP contribution in [-0.2, 0) is 11.3 Å². The Labute approximate surface area is 105 Å². The van der Waals surface area contributed by atoms with E-state index >= 15 is 0 Å². The number of halogens is 2. The van der Waals surface area contributed by atoms with Crippen molar-refractivity contribution in [2.24, 2.45) is 0 Å². The number of benzene rings is 1. The lowest BCUT2D eigenvalue weighted by Gasteiger charge is -2.05. The summed E-state index contributed by atoms with van der Waals surface area (Å²) < 4.78 is 23.2. The zero-order valence-electron chi connectivity index (χ0n) is 8.65. The Morgan fingerprint density at radius 2 is 2.24 bits per heavy atom. The van der Waals surface area contributed by atoms with E-state index in [1.165, 1.54) is 30.7 Å². The lowest BCUT2D eigenvalue weighted by molar-refractivity contribution is 0.0471. The van der Waals surface area contributed by atoms with Gasteiger partial charge in [-0.15, -0.1) is 0 Å². The monoisotopic (exact) mass is 298 g/mol. The average Bonchev–Trinajstić information content (AvgIpc) is 2.81. The van der Waals surface area contributed by atoms with Crippen molar-refractivity contribution in [2.45, 2.75) is 6.61 Å². The summed E-state index contributed by atoms with van der Waals surface area (Å²) in [6.07, 6.45) is 2.70. The number of furan rings is 1. The van der Waals surface area contributed by atoms with E-state index in [1.807, 2.05) is 0 Å². The van der Waals surface area contributed by atoms with Gasteiger partial charge in [0.1, 0.15) is 18.7 Å². The van der Waals surface area contributed by atoms with Crippen molar-refractivity contribution in [3.63, 3.8) is 0 Å². The Balaban J connectivity index is 2.01. The Morgan fingerprint density at radius 3 is 2.88 bits per heavy atom. The summed E-state index contributed by atoms with van der Waals surface area (Å²) in [7, 11) is 0. The molecule has 2 rings (SSSR count). The number of rotatable bonds is 3. The minimum absolute atomic E-state index is 0.0743. The zero-order valence-corrected chi connectivity index (χ0v) is 10.2. The molecule has 3 nitrogen and oxygen atoms in total. The van der Waals surface area contributed by atoms with E-state index in [4.69, 9.17) is 9.15 Å². The lowest BCUT2D eigenvalue weighted by Crippen LogP contribution is -2.04. The van der Waals surface area contributed by atoms with E-state index in [-0.39, 0.29) is 12.4 Å². The van der Waals surface area contributed by atoms with Crippen LogP contribution in [-0.4, -0.2) is 5.97 Å². The van der Waals surface area contributed by atoms with Gasteiger partial charge in [0.25, 0.3) is 0 Å². The van der Waals surface area contributed by atoms with Gasteiger partial charge in [-0.05, 0) is 18.2 Å². The van der Waals surface area contributed by atoms with Crippen LogP contribution < -0.4 is 0 Å². The minimum Gasteiger partial charge on any atom is -0.472 e. The van der Waals surface area contributed by atoms with Gasteiger partial charge >= 0.3 is 5.97 Å². The second-order valence-electron chi connectivity index (χ2n) is 3.32. The Hall–Kier alpha value is -1.62. The third-order valence-electron chi connectivity index (χ3n) is 2.13. The third-order valence-corrected chi connectivity index (χ3v) is 2.87. The van der Waals surface area contributed by atoms with E-state index in [0.717, 1.165) is 0 Å². The second-order valence-corrected chi connectivity index (χ2v) is 4.18. The van der Waals surface area contributed by atoms with Crippen molar-refractivity contribution in [1.82, 2.24) is 0 Å². The van der Waals surface area contributed by atoms with Crippen LogP contribution in [0.4, 0.5) is 4.39 Å². The molecular formula is C12H8BrFO3. The molecule has 0 atom stereocenters. The van der Waals surface area contributed by atoms with Crippen molar-refractivity contribution < 1.29 is 18.3 Å². The molecule has 88 valence electrons. The molecule has 0 bridgehead atoms. The van der Waals surface area contributed by atoms with Gasteiger partial charge in [0.05, 0.1) is 11.8 Å². The summed E-state index contributed by atoms with van der Waals surface area (Å²) in [5, 5.41) is 0. The molecular weight excluding hydrogens is 291 g/mol. The molecule has 0 saturated carbocycles. The van der Waals surface area contributed by atoms with Gasteiger partial charge in [0.15, 0.2) is 0 Å². The molecule has 0 N–H and O–H groups in total. The summed E-state index contributed by atoms with van der Waals surface area (Å²) in [5.74, 6) is -0.822. The molecule has 17 heavy (non-hydrogen) atoms. The summed E-state index contributed by atoms with van der Waals surface area (Å²) in [5.41, 5.74) is 1.05. The maximum absolute atomic E-state index is 12.8. The van der Waals surface area contributed by atoms with Crippen LogP contribution >= 0.6 is 15.9 Å². The molecule has 0 fully saturated rings. The first kappa shape index (κ1) is 11.9. The summed E-state index contributed by atoms with van der Waals surface area (Å²) in [6, 6.07) is 5.71. The predicted molar refractivity (Wildman–Crippen MR) is 61.9 cm³/mol. The number of hydrogen-bond acceptors (Lipinski definition) is 3. The van der Waals surface area contributed by atoms with Gasteiger partial charge in [-0.3, -0.25) is 0 Å². The molecule has 0 aliphatic carbocycles. The highest BCUT2D eigenvalue weighted by Gasteiger charge is 2.09. The normalized spacial score (nSPS) is 10.2. The first-order chi connectivity index (χ1) is 8.16. The number of ether oxygens (including phenoxy) is 1. The first-order valence-electron chi connectivity index (χ1n) is 4.80. The maximum Gasteiger partial charge on any atom is 0.341 e. The topological polar surface area (TPSA) is 39.4 Å². The molecule has 0 aliphatic heterocycles. The van der Waals surface area contributed by atoms with Gasteiger partial charge in [-0.2, -0.15) is 0 Å². The fourth-order valence-corrected chi connectivity index (χ4v) is 1.71. The quantitative estimate of drug-likeness (QED) is 0.814. The van der Waals surface area contributed by atoms with E-state index in [9.17, 15) is 9.18 Å². The summed E-state index contributed by atoms with van der Waals surface area (Å²) in [4.78, 5) is 11.5. The summed E-state index contributed by atoms with van der Waals surface area (Å²) in [6.45, 7) is 0.0743. The number of hydrogen-bond donors (Lipinski definition) is 0. The third kappa shape index (κ3) is 2.94. The minimum atomic E-state index is -0.477. The standard InChI is InChI=1S/C12H8BrFO3/c13-11-5-10(14)2-1-8(11)7-17-12(15)9-3-4-16-6-9/h1-6H,7H2. The van der Waals surface area contributed by atoms with Crippen LogP contribution in [0.2, 0.25) is 0 Å². The molecule has 1 heterocycles. The molecule has 2 aromatic rings. The Morgan fingerprint density at radius 1 is 1.41 bits per heavy atom. The van der Waals surface area contributed by atoms with E-state index in [2.05, 4.69) is 15.9 Å². The highest BCUT2D eigenvalue weighted by atomic mass is 79.9. The van der Waals surface area contributed by atoms with Gasteiger partial charge in [0, 0.05) is 10.0 Å². The van der Waals surface area contributed by atoms with Crippen molar-refractivity contribution in [3.05, 3.63) is 58.2 Å². The van der Waals surface area contributed by atoms with Crippen molar-refractivity contribution in [1.29, 1.82) is 0 Å². The SMILES string of the molecule is O=C(OCc1ccc(F)cc1Br)c1ccoc1. The van der Waals surface area contributed by atoms with Gasteiger partial charge in [0.2, 0.25) is 0 Å². The molecule has 0 radical (unpaired) electrons. The molecule has 1 aromatic heterocycles. The van der Waals surface area contributed by atoms with Crippen molar-refractivity contribution in [2.75, 3.05) is 0 Å². The van der Waals surface area contributed by atoms with E-state index in [0.29, 0.717) is 15.6 Å². The van der Waals surface area contributed by atoms with E-state index < -0.39 is 5.97 Å². The zero-order chi connectivity index (χ0) is 12.3. The van der Waals surface area contributed by atoms with Crippen LogP contribution in [0.1, 0.15) is 15.9 Å². The van der Waals surface area contributed by atoms with Gasteiger partial charge < -0.3 is 9.15 Å². The highest BCUT2D eigenvalue weighted by Crippen LogP contribution is 2.19. The van der Waals surface area contributed by atoms with Gasteiger partial charge in [-0.25, -0.2) is 9.18 Å². The molecule has 0 amide bonds. The molecule has 0 unspecified atom stereocenters. The Bertz CT molecular complexity index is 523. The van der Waals surface area contributed by atoms with E-state index in [1.54, 1.807) is 6.07 Å². The number of carbonyl (C=O) groups excluding carboxylic acids is 1. The fourth-order valence-electron chi connectivity index (χ4n) is 1.25. The predicted octanol–water partition coefficient (Wildman–Crippen LogP) is 3.54. The summed E-state index contributed by atoms with van der Waals surface area (Å²) >= 11 is 3.20. The maximum atomic E-state index is 12.8. The van der Waals surface area contributed by atoms with Crippen LogP contribution in [0.15, 0.2) is 45.7 Å². The Kier molecular flexibility index (Phi) is 3.58. The molecule has 0 saturated heterocycles. The molecule has 0 spiro atoms. The second kappa shape index (κ2) is 5.14. The van der Waals surface area contributed by atoms with Crippen LogP contribution in [0, 0.1) is 5.82 Å². The van der Waals surface area contributed by atoms with Crippen LogP contribution in [0.3, 0.4) is 0 Å². The fraction of sp³-hybridized carbons (Fsp3) is 0.0833. The largest absolute Gasteiger partial charge is 0.472 e. The van der Waals surface area contributed by atoms with Crippen LogP contribution in [0.25, 0.3) is 0 Å². The average molecular weight is 299 g/mol. The smallest absolute Gasteiger partial charge is 0.341 e. The van der Waals surface area contributed by atoms with Crippen molar-refractivity contribution in [3.8, 4) is 0 Å². The number of esters is 1. The highest BCUT2D eigenvalue weighted by molar-refractivity contribution is 9.10. The van der Waals surface area contributed by atoms with Gasteiger partial charge in [-0.1, -0.05) is 22.0 Å². The molecule has 1 aromatic carbocycles. The van der Waals surface area contributed by atoms with Crippen molar-refractivity contribution >= 4 is 21.9 Å². The molecule has 5 heteroatoms. The lowest BCUT2D eigenvalue weighted by atomic mass is 10.2. The number of carbonyl (C=O) groups is 1.